The standard InChI is InChI=1S/C17H24O3S/c1-19-16-9-8-13(14-5-4-10-21(18)12-14)11-17(16)20-15-6-2-3-7-15/h8-9,11,14-15H,2-7,10,12H2,1H3/t14-,21+/m1/s1. The van der Waals surface area contributed by atoms with Crippen molar-refractivity contribution in [3.63, 3.8) is 0 Å². The molecule has 0 bridgehead atoms. The number of hydrogen-bond donors (Lipinski definition) is 0. The van der Waals surface area contributed by atoms with Crippen molar-refractivity contribution in [2.24, 2.45) is 0 Å². The molecule has 0 aromatic heterocycles. The Bertz CT molecular complexity index is 471. The van der Waals surface area contributed by atoms with Crippen LogP contribution in [0.5, 0.6) is 11.5 Å². The molecule has 1 aliphatic heterocycles. The van der Waals surface area contributed by atoms with Gasteiger partial charge in [0.1, 0.15) is 11.5 Å². The quantitative estimate of drug-likeness (QED) is 0.797. The minimum atomic E-state index is -0.661. The highest BCUT2D eigenvalue weighted by Gasteiger charge is 2.26. The van der Waals surface area contributed by atoms with Gasteiger partial charge in [0.2, 0.25) is 0 Å². The normalized spacial score (nSPS) is 26.8. The molecule has 2 aliphatic rings. The molecule has 0 radical (unpaired) electrons. The van der Waals surface area contributed by atoms with Crippen LogP contribution in [0.1, 0.15) is 50.0 Å². The van der Waals surface area contributed by atoms with E-state index < -0.39 is 11.2 Å². The van der Waals surface area contributed by atoms with Crippen LogP contribution in [0.15, 0.2) is 18.2 Å². The predicted octanol–water partition coefficient (Wildman–Crippen LogP) is 3.64. The molecule has 0 N–H and O–H groups in total. The van der Waals surface area contributed by atoms with Crippen molar-refractivity contribution in [2.45, 2.75) is 50.5 Å². The Morgan fingerprint density at radius 1 is 1.10 bits per heavy atom. The lowest BCUT2D eigenvalue weighted by atomic mass is 9.95. The minimum Gasteiger partial charge on any atom is -0.616 e. The van der Waals surface area contributed by atoms with Gasteiger partial charge in [0, 0.05) is 5.92 Å². The molecule has 3 nitrogen and oxygen atoms in total. The first-order chi connectivity index (χ1) is 10.3. The Morgan fingerprint density at radius 3 is 2.62 bits per heavy atom. The third-order valence-electron chi connectivity index (χ3n) is 4.57. The monoisotopic (exact) mass is 308 g/mol. The van der Waals surface area contributed by atoms with Crippen molar-refractivity contribution in [3.8, 4) is 11.5 Å². The van der Waals surface area contributed by atoms with E-state index in [1.807, 2.05) is 6.07 Å². The third-order valence-corrected chi connectivity index (χ3v) is 6.08. The van der Waals surface area contributed by atoms with E-state index in [0.29, 0.717) is 12.0 Å². The van der Waals surface area contributed by atoms with Gasteiger partial charge in [0.25, 0.3) is 0 Å². The second-order valence-electron chi connectivity index (χ2n) is 6.08. The highest BCUT2D eigenvalue weighted by Crippen LogP contribution is 2.36. The summed E-state index contributed by atoms with van der Waals surface area (Å²) >= 11 is -0.661. The van der Waals surface area contributed by atoms with Crippen LogP contribution in [0.4, 0.5) is 0 Å². The summed E-state index contributed by atoms with van der Waals surface area (Å²) in [6.45, 7) is 0. The Morgan fingerprint density at radius 2 is 1.90 bits per heavy atom. The van der Waals surface area contributed by atoms with Crippen LogP contribution in [-0.2, 0) is 11.2 Å². The molecule has 0 amide bonds. The highest BCUT2D eigenvalue weighted by atomic mass is 32.2. The molecule has 116 valence electrons. The van der Waals surface area contributed by atoms with Gasteiger partial charge in [-0.1, -0.05) is 17.2 Å². The van der Waals surface area contributed by atoms with E-state index in [0.717, 1.165) is 48.7 Å². The van der Waals surface area contributed by atoms with E-state index in [4.69, 9.17) is 9.47 Å². The van der Waals surface area contributed by atoms with Crippen LogP contribution in [0.3, 0.4) is 0 Å². The molecule has 1 aliphatic carbocycles. The van der Waals surface area contributed by atoms with Crippen molar-refractivity contribution in [3.05, 3.63) is 23.8 Å². The van der Waals surface area contributed by atoms with Crippen LogP contribution in [0.2, 0.25) is 0 Å². The summed E-state index contributed by atoms with van der Waals surface area (Å²) in [6, 6.07) is 6.22. The van der Waals surface area contributed by atoms with Gasteiger partial charge < -0.3 is 14.0 Å². The molecule has 1 aromatic rings. The van der Waals surface area contributed by atoms with Crippen molar-refractivity contribution in [1.82, 2.24) is 0 Å². The Labute approximate surface area is 130 Å². The van der Waals surface area contributed by atoms with Crippen molar-refractivity contribution >= 4 is 11.2 Å². The number of hydrogen-bond acceptors (Lipinski definition) is 3. The fourth-order valence-electron chi connectivity index (χ4n) is 3.37. The smallest absolute Gasteiger partial charge is 0.161 e. The third kappa shape index (κ3) is 3.67. The largest absolute Gasteiger partial charge is 0.616 e. The minimum absolute atomic E-state index is 0.328. The number of rotatable bonds is 4. The van der Waals surface area contributed by atoms with Gasteiger partial charge in [-0.3, -0.25) is 0 Å². The number of benzene rings is 1. The number of methoxy groups -OCH3 is 1. The van der Waals surface area contributed by atoms with E-state index in [1.165, 1.54) is 18.4 Å². The molecule has 1 saturated heterocycles. The highest BCUT2D eigenvalue weighted by molar-refractivity contribution is 7.91. The summed E-state index contributed by atoms with van der Waals surface area (Å²) in [5.41, 5.74) is 1.25. The molecular formula is C17H24O3S. The summed E-state index contributed by atoms with van der Waals surface area (Å²) in [5, 5.41) is 0. The van der Waals surface area contributed by atoms with Gasteiger partial charge in [0.05, 0.1) is 13.2 Å². The Balaban J connectivity index is 1.78. The summed E-state index contributed by atoms with van der Waals surface area (Å²) < 4.78 is 23.4. The summed E-state index contributed by atoms with van der Waals surface area (Å²) in [4.78, 5) is 0. The lowest BCUT2D eigenvalue weighted by Crippen LogP contribution is -2.23. The molecule has 2 fully saturated rings. The summed E-state index contributed by atoms with van der Waals surface area (Å²) in [7, 11) is 1.69. The van der Waals surface area contributed by atoms with Gasteiger partial charge >= 0.3 is 0 Å². The van der Waals surface area contributed by atoms with Gasteiger partial charge in [-0.25, -0.2) is 0 Å². The van der Waals surface area contributed by atoms with Crippen molar-refractivity contribution in [1.29, 1.82) is 0 Å². The molecule has 4 heteroatoms. The maximum absolute atomic E-state index is 11.8. The zero-order chi connectivity index (χ0) is 14.7. The van der Waals surface area contributed by atoms with E-state index >= 15 is 0 Å². The first-order valence-corrected chi connectivity index (χ1v) is 9.44. The van der Waals surface area contributed by atoms with Crippen LogP contribution in [-0.4, -0.2) is 29.3 Å². The molecule has 1 heterocycles. The zero-order valence-electron chi connectivity index (χ0n) is 12.7. The van der Waals surface area contributed by atoms with Crippen molar-refractivity contribution < 1.29 is 14.0 Å². The average molecular weight is 308 g/mol. The predicted molar refractivity (Wildman–Crippen MR) is 85.7 cm³/mol. The molecule has 0 unspecified atom stereocenters. The lowest BCUT2D eigenvalue weighted by molar-refractivity contribution is 0.200. The molecule has 21 heavy (non-hydrogen) atoms. The molecule has 1 saturated carbocycles. The van der Waals surface area contributed by atoms with E-state index in [-0.39, 0.29) is 0 Å². The Kier molecular flexibility index (Phi) is 4.96. The molecule has 0 spiro atoms. The molecule has 1 aromatic carbocycles. The van der Waals surface area contributed by atoms with Crippen LogP contribution >= 0.6 is 0 Å². The lowest BCUT2D eigenvalue weighted by Gasteiger charge is -2.25. The average Bonchev–Trinajstić information content (AvgIpc) is 3.00. The zero-order valence-corrected chi connectivity index (χ0v) is 13.5. The van der Waals surface area contributed by atoms with Crippen molar-refractivity contribution in [2.75, 3.05) is 18.6 Å². The Hall–Kier alpha value is -0.870. The summed E-state index contributed by atoms with van der Waals surface area (Å²) in [6.07, 6.45) is 7.31. The molecular weight excluding hydrogens is 284 g/mol. The van der Waals surface area contributed by atoms with E-state index in [2.05, 4.69) is 12.1 Å². The van der Waals surface area contributed by atoms with Gasteiger partial charge in [-0.15, -0.1) is 0 Å². The fraction of sp³-hybridized carbons (Fsp3) is 0.647. The molecule has 3 rings (SSSR count). The second kappa shape index (κ2) is 6.93. The van der Waals surface area contributed by atoms with Crippen LogP contribution in [0, 0.1) is 0 Å². The maximum atomic E-state index is 11.8. The van der Waals surface area contributed by atoms with Crippen LogP contribution in [0.25, 0.3) is 0 Å². The maximum Gasteiger partial charge on any atom is 0.161 e. The first-order valence-electron chi connectivity index (χ1n) is 7.96. The first kappa shape index (κ1) is 15.0. The topological polar surface area (TPSA) is 41.5 Å². The van der Waals surface area contributed by atoms with Gasteiger partial charge in [-0.2, -0.15) is 0 Å². The SMILES string of the molecule is COc1ccc([C@@H]2CCC[S@+]([O-])C2)cc1OC1CCCC1. The number of ether oxygens (including phenoxy) is 2. The fourth-order valence-corrected chi connectivity index (χ4v) is 4.83. The molecule has 2 atom stereocenters. The van der Waals surface area contributed by atoms with E-state index in [9.17, 15) is 4.55 Å². The van der Waals surface area contributed by atoms with E-state index in [1.54, 1.807) is 7.11 Å². The van der Waals surface area contributed by atoms with Gasteiger partial charge in [0.15, 0.2) is 11.5 Å². The van der Waals surface area contributed by atoms with Gasteiger partial charge in [-0.05, 0) is 56.2 Å². The van der Waals surface area contributed by atoms with Crippen LogP contribution < -0.4 is 9.47 Å². The summed E-state index contributed by atoms with van der Waals surface area (Å²) in [5.74, 6) is 3.71. The second-order valence-corrected chi connectivity index (χ2v) is 7.71.